The third-order valence-electron chi connectivity index (χ3n) is 3.07. The molecule has 2 rings (SSSR count). The Balaban J connectivity index is 2.05. The first-order chi connectivity index (χ1) is 10.5. The van der Waals surface area contributed by atoms with E-state index in [1.807, 2.05) is 0 Å². The number of amides is 1. The minimum atomic E-state index is -4.40. The molecule has 0 radical (unpaired) electrons. The van der Waals surface area contributed by atoms with Gasteiger partial charge in [0, 0.05) is 18.7 Å². The van der Waals surface area contributed by atoms with Crippen LogP contribution in [0.5, 0.6) is 5.75 Å². The molecule has 128 valence electrons. The lowest BCUT2D eigenvalue weighted by atomic mass is 10.1. The zero-order chi connectivity index (χ0) is 17.3. The predicted molar refractivity (Wildman–Crippen MR) is 76.1 cm³/mol. The van der Waals surface area contributed by atoms with Crippen molar-refractivity contribution in [1.29, 1.82) is 0 Å². The van der Waals surface area contributed by atoms with E-state index in [9.17, 15) is 18.0 Å². The number of ether oxygens (including phenoxy) is 2. The van der Waals surface area contributed by atoms with Gasteiger partial charge in [-0.25, -0.2) is 4.79 Å². The van der Waals surface area contributed by atoms with Gasteiger partial charge in [-0.15, -0.1) is 0 Å². The van der Waals surface area contributed by atoms with Crippen LogP contribution in [0.2, 0.25) is 0 Å². The Morgan fingerprint density at radius 2 is 2.04 bits per heavy atom. The van der Waals surface area contributed by atoms with Crippen molar-refractivity contribution in [3.63, 3.8) is 0 Å². The molecule has 1 aromatic rings. The van der Waals surface area contributed by atoms with Crippen molar-refractivity contribution in [1.82, 2.24) is 9.88 Å². The maximum absolute atomic E-state index is 12.2. The average molecular weight is 332 g/mol. The Bertz CT molecular complexity index is 582. The van der Waals surface area contributed by atoms with Crippen LogP contribution in [0.15, 0.2) is 12.3 Å². The van der Waals surface area contributed by atoms with Crippen LogP contribution in [0, 0.1) is 0 Å². The summed E-state index contributed by atoms with van der Waals surface area (Å²) in [4.78, 5) is 17.7. The first kappa shape index (κ1) is 17.4. The molecule has 0 unspecified atom stereocenters. The van der Waals surface area contributed by atoms with Crippen LogP contribution in [0.4, 0.5) is 18.0 Å². The first-order valence-electron chi connectivity index (χ1n) is 7.19. The van der Waals surface area contributed by atoms with Crippen molar-refractivity contribution >= 4 is 6.09 Å². The van der Waals surface area contributed by atoms with E-state index in [2.05, 4.69) is 4.98 Å². The molecule has 1 aromatic heterocycles. The molecule has 0 aliphatic carbocycles. The van der Waals surface area contributed by atoms with Gasteiger partial charge in [-0.05, 0) is 32.4 Å². The summed E-state index contributed by atoms with van der Waals surface area (Å²) in [7, 11) is 0. The average Bonchev–Trinajstić information content (AvgIpc) is 2.41. The minimum absolute atomic E-state index is 0.0344. The highest BCUT2D eigenvalue weighted by Gasteiger charge is 2.29. The van der Waals surface area contributed by atoms with E-state index >= 15 is 0 Å². The van der Waals surface area contributed by atoms with Gasteiger partial charge in [0.05, 0.1) is 12.7 Å². The predicted octanol–water partition coefficient (Wildman–Crippen LogP) is 3.32. The van der Waals surface area contributed by atoms with Crippen molar-refractivity contribution in [3.8, 4) is 5.75 Å². The van der Waals surface area contributed by atoms with Gasteiger partial charge in [-0.2, -0.15) is 13.2 Å². The number of alkyl halides is 3. The normalized spacial score (nSPS) is 15.1. The Kier molecular flexibility index (Phi) is 4.72. The van der Waals surface area contributed by atoms with Gasteiger partial charge >= 0.3 is 12.3 Å². The zero-order valence-corrected chi connectivity index (χ0v) is 13.2. The van der Waals surface area contributed by atoms with Crippen molar-refractivity contribution < 1.29 is 27.4 Å². The molecule has 0 fully saturated rings. The number of hydrogen-bond acceptors (Lipinski definition) is 4. The molecular formula is C15H19F3N2O3. The Morgan fingerprint density at radius 3 is 2.65 bits per heavy atom. The number of carbonyl (C=O) groups is 1. The van der Waals surface area contributed by atoms with E-state index in [-0.39, 0.29) is 12.3 Å². The van der Waals surface area contributed by atoms with Crippen molar-refractivity contribution in [2.24, 2.45) is 0 Å². The Labute approximate surface area is 132 Å². The minimum Gasteiger partial charge on any atom is -0.482 e. The molecule has 5 nitrogen and oxygen atoms in total. The molecule has 0 N–H and O–H groups in total. The lowest BCUT2D eigenvalue weighted by Crippen LogP contribution is -2.40. The first-order valence-corrected chi connectivity index (χ1v) is 7.19. The third-order valence-corrected chi connectivity index (χ3v) is 3.07. The summed E-state index contributed by atoms with van der Waals surface area (Å²) in [5.41, 5.74) is 0.818. The number of fused-ring (bicyclic) bond motifs is 1. The molecule has 23 heavy (non-hydrogen) atoms. The smallest absolute Gasteiger partial charge is 0.422 e. The van der Waals surface area contributed by atoms with E-state index in [0.717, 1.165) is 5.69 Å². The van der Waals surface area contributed by atoms with Crippen LogP contribution in [0.25, 0.3) is 0 Å². The number of pyridine rings is 1. The molecular weight excluding hydrogens is 313 g/mol. The second-order valence-corrected chi connectivity index (χ2v) is 6.33. The maximum atomic E-state index is 12.2. The fourth-order valence-corrected chi connectivity index (χ4v) is 2.13. The standard InChI is InChI=1S/C15H19F3N2O3/c1-14(2,3)23-13(21)20-5-4-12-10(8-20)6-11(7-19-12)22-9-15(16,17)18/h6-7H,4-5,8-9H2,1-3H3. The highest BCUT2D eigenvalue weighted by atomic mass is 19.4. The van der Waals surface area contributed by atoms with Gasteiger partial charge in [0.2, 0.25) is 0 Å². The van der Waals surface area contributed by atoms with Crippen LogP contribution in [-0.2, 0) is 17.7 Å². The summed E-state index contributed by atoms with van der Waals surface area (Å²) in [6.07, 6.45) is -3.06. The molecule has 0 spiro atoms. The van der Waals surface area contributed by atoms with Crippen LogP contribution in [0.1, 0.15) is 32.0 Å². The number of aromatic nitrogens is 1. The third kappa shape index (κ3) is 5.30. The van der Waals surface area contributed by atoms with Crippen LogP contribution < -0.4 is 4.74 Å². The maximum Gasteiger partial charge on any atom is 0.422 e. The monoisotopic (exact) mass is 332 g/mol. The molecule has 1 amide bonds. The fourth-order valence-electron chi connectivity index (χ4n) is 2.13. The lowest BCUT2D eigenvalue weighted by molar-refractivity contribution is -0.153. The molecule has 1 aliphatic rings. The van der Waals surface area contributed by atoms with Gasteiger partial charge in [0.1, 0.15) is 11.4 Å². The molecule has 1 aliphatic heterocycles. The molecule has 8 heteroatoms. The van der Waals surface area contributed by atoms with E-state index < -0.39 is 24.5 Å². The fraction of sp³-hybridized carbons (Fsp3) is 0.600. The van der Waals surface area contributed by atoms with Crippen LogP contribution in [0.3, 0.4) is 0 Å². The summed E-state index contributed by atoms with van der Waals surface area (Å²) >= 11 is 0. The van der Waals surface area contributed by atoms with Gasteiger partial charge < -0.3 is 14.4 Å². The number of halogens is 3. The summed E-state index contributed by atoms with van der Waals surface area (Å²) < 4.78 is 46.6. The second-order valence-electron chi connectivity index (χ2n) is 6.33. The van der Waals surface area contributed by atoms with Crippen LogP contribution in [-0.4, -0.2) is 40.9 Å². The summed E-state index contributed by atoms with van der Waals surface area (Å²) in [5.74, 6) is 0.0344. The topological polar surface area (TPSA) is 51.7 Å². The molecule has 0 aromatic carbocycles. The van der Waals surface area contributed by atoms with E-state index in [0.29, 0.717) is 18.5 Å². The largest absolute Gasteiger partial charge is 0.482 e. The van der Waals surface area contributed by atoms with Gasteiger partial charge in [-0.1, -0.05) is 0 Å². The van der Waals surface area contributed by atoms with Crippen molar-refractivity contribution in [3.05, 3.63) is 23.5 Å². The Morgan fingerprint density at radius 1 is 1.35 bits per heavy atom. The van der Waals surface area contributed by atoms with Crippen molar-refractivity contribution in [2.75, 3.05) is 13.2 Å². The number of rotatable bonds is 2. The zero-order valence-electron chi connectivity index (χ0n) is 13.2. The van der Waals surface area contributed by atoms with Crippen LogP contribution >= 0.6 is 0 Å². The second kappa shape index (κ2) is 6.25. The van der Waals surface area contributed by atoms with E-state index in [1.54, 1.807) is 20.8 Å². The van der Waals surface area contributed by atoms with Gasteiger partial charge in [0.15, 0.2) is 6.61 Å². The highest BCUT2D eigenvalue weighted by molar-refractivity contribution is 5.68. The molecule has 2 heterocycles. The highest BCUT2D eigenvalue weighted by Crippen LogP contribution is 2.24. The molecule has 0 atom stereocenters. The molecule has 0 saturated heterocycles. The lowest BCUT2D eigenvalue weighted by Gasteiger charge is -2.30. The summed E-state index contributed by atoms with van der Waals surface area (Å²) in [6.45, 7) is 4.63. The Hall–Kier alpha value is -1.99. The van der Waals surface area contributed by atoms with Gasteiger partial charge in [0.25, 0.3) is 0 Å². The summed E-state index contributed by atoms with van der Waals surface area (Å²) in [6, 6.07) is 1.49. The number of nitrogens with zero attached hydrogens (tertiary/aromatic N) is 2. The SMILES string of the molecule is CC(C)(C)OC(=O)N1CCc2ncc(OCC(F)(F)F)cc2C1. The molecule has 0 bridgehead atoms. The van der Waals surface area contributed by atoms with Gasteiger partial charge in [-0.3, -0.25) is 4.98 Å². The summed E-state index contributed by atoms with van der Waals surface area (Å²) in [5, 5.41) is 0. The quantitative estimate of drug-likeness (QED) is 0.834. The molecule has 0 saturated carbocycles. The van der Waals surface area contributed by atoms with Crippen molar-refractivity contribution in [2.45, 2.75) is 45.5 Å². The van der Waals surface area contributed by atoms with E-state index in [1.165, 1.54) is 17.2 Å². The number of carbonyl (C=O) groups excluding carboxylic acids is 1. The van der Waals surface area contributed by atoms with E-state index in [4.69, 9.17) is 9.47 Å². The number of hydrogen-bond donors (Lipinski definition) is 0.